The Morgan fingerprint density at radius 1 is 1.36 bits per heavy atom. The van der Waals surface area contributed by atoms with E-state index in [0.717, 1.165) is 5.92 Å². The van der Waals surface area contributed by atoms with E-state index in [1.165, 1.54) is 32.1 Å². The minimum atomic E-state index is 0.450. The molecular formula is C10H21N. The lowest BCUT2D eigenvalue weighted by Crippen LogP contribution is -2.42. The van der Waals surface area contributed by atoms with Crippen LogP contribution in [0.5, 0.6) is 0 Å². The lowest BCUT2D eigenvalue weighted by atomic mass is 9.77. The van der Waals surface area contributed by atoms with Crippen molar-refractivity contribution < 1.29 is 0 Å². The number of nitrogens with one attached hydrogen (secondary N) is 1. The number of rotatable bonds is 2. The minimum absolute atomic E-state index is 0.450. The van der Waals surface area contributed by atoms with E-state index in [-0.39, 0.29) is 0 Å². The van der Waals surface area contributed by atoms with E-state index in [1.54, 1.807) is 0 Å². The molecule has 0 saturated heterocycles. The van der Waals surface area contributed by atoms with Crippen LogP contribution in [0.2, 0.25) is 0 Å². The van der Waals surface area contributed by atoms with Crippen molar-refractivity contribution in [1.82, 2.24) is 5.32 Å². The van der Waals surface area contributed by atoms with Crippen LogP contribution in [0.25, 0.3) is 0 Å². The predicted molar refractivity (Wildman–Crippen MR) is 49.7 cm³/mol. The van der Waals surface area contributed by atoms with Gasteiger partial charge in [0.05, 0.1) is 0 Å². The normalized spacial score (nSPS) is 39.0. The second-order valence-electron chi connectivity index (χ2n) is 4.16. The average molecular weight is 155 g/mol. The third kappa shape index (κ3) is 2.19. The first-order valence-electron chi connectivity index (χ1n) is 4.89. The predicted octanol–water partition coefficient (Wildman–Crippen LogP) is 2.56. The molecule has 1 rings (SSSR count). The molecule has 0 radical (unpaired) electrons. The maximum atomic E-state index is 3.42. The van der Waals surface area contributed by atoms with Crippen molar-refractivity contribution in [2.24, 2.45) is 5.92 Å². The third-order valence-corrected chi connectivity index (χ3v) is 3.39. The highest BCUT2D eigenvalue weighted by Crippen LogP contribution is 2.32. The van der Waals surface area contributed by atoms with Crippen LogP contribution in [0.3, 0.4) is 0 Å². The van der Waals surface area contributed by atoms with Gasteiger partial charge in [-0.2, -0.15) is 0 Å². The standard InChI is InChI=1S/C10H21N/c1-4-9-5-7-10(2,11-3)8-6-9/h9,11H,4-8H2,1-3H3. The van der Waals surface area contributed by atoms with Gasteiger partial charge in [-0.15, -0.1) is 0 Å². The van der Waals surface area contributed by atoms with Crippen LogP contribution in [0.15, 0.2) is 0 Å². The van der Waals surface area contributed by atoms with Gasteiger partial charge >= 0.3 is 0 Å². The van der Waals surface area contributed by atoms with Gasteiger partial charge in [-0.3, -0.25) is 0 Å². The molecule has 1 nitrogen and oxygen atoms in total. The van der Waals surface area contributed by atoms with E-state index in [2.05, 4.69) is 26.2 Å². The zero-order chi connectivity index (χ0) is 8.32. The highest BCUT2D eigenvalue weighted by atomic mass is 14.9. The van der Waals surface area contributed by atoms with Crippen molar-refractivity contribution in [2.45, 2.75) is 51.5 Å². The third-order valence-electron chi connectivity index (χ3n) is 3.39. The summed E-state index contributed by atoms with van der Waals surface area (Å²) in [6.45, 7) is 4.66. The molecule has 0 amide bonds. The van der Waals surface area contributed by atoms with Gasteiger partial charge in [0.2, 0.25) is 0 Å². The smallest absolute Gasteiger partial charge is 0.0150 e. The summed E-state index contributed by atoms with van der Waals surface area (Å²) >= 11 is 0. The van der Waals surface area contributed by atoms with E-state index in [1.807, 2.05) is 0 Å². The summed E-state index contributed by atoms with van der Waals surface area (Å²) in [7, 11) is 2.09. The quantitative estimate of drug-likeness (QED) is 0.646. The molecule has 0 bridgehead atoms. The SMILES string of the molecule is CCC1CCC(C)(NC)CC1. The van der Waals surface area contributed by atoms with Crippen molar-refractivity contribution in [1.29, 1.82) is 0 Å². The Morgan fingerprint density at radius 2 is 1.91 bits per heavy atom. The molecule has 0 atom stereocenters. The average Bonchev–Trinajstić information content (AvgIpc) is 2.06. The first-order chi connectivity index (χ1) is 5.20. The molecule has 1 heteroatoms. The summed E-state index contributed by atoms with van der Waals surface area (Å²) in [6, 6.07) is 0. The van der Waals surface area contributed by atoms with Crippen molar-refractivity contribution >= 4 is 0 Å². The fraction of sp³-hybridized carbons (Fsp3) is 1.00. The molecule has 0 aromatic rings. The van der Waals surface area contributed by atoms with Gasteiger partial charge in [-0.05, 0) is 45.6 Å². The van der Waals surface area contributed by atoms with Crippen molar-refractivity contribution in [3.8, 4) is 0 Å². The second kappa shape index (κ2) is 3.57. The van der Waals surface area contributed by atoms with Crippen LogP contribution in [-0.2, 0) is 0 Å². The summed E-state index contributed by atoms with van der Waals surface area (Å²) in [4.78, 5) is 0. The fourth-order valence-corrected chi connectivity index (χ4v) is 1.97. The number of hydrogen-bond donors (Lipinski definition) is 1. The summed E-state index contributed by atoms with van der Waals surface area (Å²) in [5.41, 5.74) is 0.450. The molecule has 66 valence electrons. The Labute approximate surface area is 70.6 Å². The zero-order valence-electron chi connectivity index (χ0n) is 8.11. The van der Waals surface area contributed by atoms with Gasteiger partial charge in [0.15, 0.2) is 0 Å². The van der Waals surface area contributed by atoms with Crippen LogP contribution in [0.1, 0.15) is 46.0 Å². The van der Waals surface area contributed by atoms with E-state index in [0.29, 0.717) is 5.54 Å². The molecule has 1 aliphatic rings. The Bertz CT molecular complexity index is 112. The Morgan fingerprint density at radius 3 is 2.27 bits per heavy atom. The lowest BCUT2D eigenvalue weighted by Gasteiger charge is -2.36. The van der Waals surface area contributed by atoms with Crippen molar-refractivity contribution in [3.63, 3.8) is 0 Å². The van der Waals surface area contributed by atoms with E-state index in [4.69, 9.17) is 0 Å². The molecular weight excluding hydrogens is 134 g/mol. The van der Waals surface area contributed by atoms with Crippen LogP contribution < -0.4 is 5.32 Å². The molecule has 1 fully saturated rings. The second-order valence-corrected chi connectivity index (χ2v) is 4.16. The Balaban J connectivity index is 2.35. The fourth-order valence-electron chi connectivity index (χ4n) is 1.97. The van der Waals surface area contributed by atoms with Gasteiger partial charge < -0.3 is 5.32 Å². The largest absolute Gasteiger partial charge is 0.315 e. The molecule has 0 spiro atoms. The van der Waals surface area contributed by atoms with Crippen molar-refractivity contribution in [2.75, 3.05) is 7.05 Å². The van der Waals surface area contributed by atoms with Gasteiger partial charge in [-0.25, -0.2) is 0 Å². The highest BCUT2D eigenvalue weighted by molar-refractivity contribution is 4.87. The van der Waals surface area contributed by atoms with Gasteiger partial charge in [0.1, 0.15) is 0 Å². The van der Waals surface area contributed by atoms with Gasteiger partial charge in [0, 0.05) is 5.54 Å². The summed E-state index contributed by atoms with van der Waals surface area (Å²) in [5, 5.41) is 3.42. The maximum Gasteiger partial charge on any atom is 0.0150 e. The van der Waals surface area contributed by atoms with Crippen LogP contribution in [-0.4, -0.2) is 12.6 Å². The van der Waals surface area contributed by atoms with E-state index in [9.17, 15) is 0 Å². The van der Waals surface area contributed by atoms with Crippen molar-refractivity contribution in [3.05, 3.63) is 0 Å². The Hall–Kier alpha value is -0.0400. The van der Waals surface area contributed by atoms with E-state index >= 15 is 0 Å². The summed E-state index contributed by atoms with van der Waals surface area (Å²) in [5.74, 6) is 1.01. The lowest BCUT2D eigenvalue weighted by molar-refractivity contribution is 0.213. The molecule has 0 heterocycles. The first-order valence-corrected chi connectivity index (χ1v) is 4.89. The van der Waals surface area contributed by atoms with Gasteiger partial charge in [-0.1, -0.05) is 13.3 Å². The molecule has 1 N–H and O–H groups in total. The number of hydrogen-bond acceptors (Lipinski definition) is 1. The molecule has 0 aliphatic heterocycles. The molecule has 1 saturated carbocycles. The highest BCUT2D eigenvalue weighted by Gasteiger charge is 2.28. The monoisotopic (exact) mass is 155 g/mol. The summed E-state index contributed by atoms with van der Waals surface area (Å²) < 4.78 is 0. The molecule has 1 aliphatic carbocycles. The van der Waals surface area contributed by atoms with Gasteiger partial charge in [0.25, 0.3) is 0 Å². The molecule has 11 heavy (non-hydrogen) atoms. The molecule has 0 unspecified atom stereocenters. The first kappa shape index (κ1) is 9.05. The van der Waals surface area contributed by atoms with Crippen LogP contribution >= 0.6 is 0 Å². The topological polar surface area (TPSA) is 12.0 Å². The Kier molecular flexibility index (Phi) is 2.94. The van der Waals surface area contributed by atoms with E-state index < -0.39 is 0 Å². The maximum absolute atomic E-state index is 3.42. The summed E-state index contributed by atoms with van der Waals surface area (Å²) in [6.07, 6.45) is 6.95. The minimum Gasteiger partial charge on any atom is -0.315 e. The van der Waals surface area contributed by atoms with Crippen LogP contribution in [0, 0.1) is 5.92 Å². The molecule has 0 aromatic heterocycles. The molecule has 0 aromatic carbocycles. The van der Waals surface area contributed by atoms with Crippen LogP contribution in [0.4, 0.5) is 0 Å². The zero-order valence-corrected chi connectivity index (χ0v) is 8.11.